The number of nitrogens with one attached hydrogen (secondary N) is 1. The first-order valence-electron chi connectivity index (χ1n) is 7.05. The number of hydrogen-bond donors (Lipinski definition) is 2. The van der Waals surface area contributed by atoms with Gasteiger partial charge in [-0.1, -0.05) is 12.8 Å². The van der Waals surface area contributed by atoms with Crippen molar-refractivity contribution in [2.24, 2.45) is 11.1 Å². The third kappa shape index (κ3) is 2.31. The van der Waals surface area contributed by atoms with Crippen LogP contribution >= 0.6 is 0 Å². The minimum atomic E-state index is -3.26. The first kappa shape index (κ1) is 12.8. The molecule has 18 heavy (non-hydrogen) atoms. The fraction of sp³-hybridized carbons (Fsp3) is 1.00. The number of rotatable bonds is 3. The van der Waals surface area contributed by atoms with Gasteiger partial charge < -0.3 is 5.73 Å². The van der Waals surface area contributed by atoms with Crippen molar-refractivity contribution < 1.29 is 8.42 Å². The van der Waals surface area contributed by atoms with Gasteiger partial charge >= 0.3 is 0 Å². The van der Waals surface area contributed by atoms with Crippen LogP contribution < -0.4 is 10.5 Å². The second-order valence-corrected chi connectivity index (χ2v) is 7.92. The minimum Gasteiger partial charge on any atom is -0.327 e. The van der Waals surface area contributed by atoms with Gasteiger partial charge in [-0.25, -0.2) is 0 Å². The molecule has 0 radical (unpaired) electrons. The maximum absolute atomic E-state index is 12.2. The van der Waals surface area contributed by atoms with E-state index in [-0.39, 0.29) is 6.04 Å². The summed E-state index contributed by atoms with van der Waals surface area (Å²) in [6.45, 7) is 1.35. The first-order chi connectivity index (χ1) is 8.52. The van der Waals surface area contributed by atoms with E-state index in [9.17, 15) is 8.42 Å². The van der Waals surface area contributed by atoms with Gasteiger partial charge in [-0.2, -0.15) is 17.4 Å². The van der Waals surface area contributed by atoms with Crippen molar-refractivity contribution in [3.05, 3.63) is 0 Å². The quantitative estimate of drug-likeness (QED) is 0.789. The summed E-state index contributed by atoms with van der Waals surface area (Å²) in [5, 5.41) is 0. The molecule has 104 valence electrons. The predicted octanol–water partition coefficient (Wildman–Crippen LogP) is 0.577. The van der Waals surface area contributed by atoms with Crippen LogP contribution in [0.4, 0.5) is 0 Å². The maximum atomic E-state index is 12.2. The zero-order valence-electron chi connectivity index (χ0n) is 10.8. The van der Waals surface area contributed by atoms with Gasteiger partial charge in [-0.15, -0.1) is 0 Å². The van der Waals surface area contributed by atoms with Crippen LogP contribution in [0.2, 0.25) is 0 Å². The van der Waals surface area contributed by atoms with Gasteiger partial charge in [0.2, 0.25) is 0 Å². The molecule has 2 saturated carbocycles. The molecule has 1 heterocycles. The Morgan fingerprint density at radius 1 is 1.06 bits per heavy atom. The van der Waals surface area contributed by atoms with Crippen LogP contribution in [0, 0.1) is 5.41 Å². The molecule has 0 aromatic rings. The minimum absolute atomic E-state index is 0.117. The molecule has 1 saturated heterocycles. The van der Waals surface area contributed by atoms with Crippen molar-refractivity contribution in [3.8, 4) is 0 Å². The van der Waals surface area contributed by atoms with E-state index in [0.29, 0.717) is 24.5 Å². The molecule has 0 bridgehead atoms. The maximum Gasteiger partial charge on any atom is 0.279 e. The fourth-order valence-corrected chi connectivity index (χ4v) is 4.90. The summed E-state index contributed by atoms with van der Waals surface area (Å²) in [4.78, 5) is 0. The summed E-state index contributed by atoms with van der Waals surface area (Å²) in [5.74, 6) is 0. The van der Waals surface area contributed by atoms with Crippen molar-refractivity contribution in [1.82, 2.24) is 9.03 Å². The van der Waals surface area contributed by atoms with Gasteiger partial charge in [0, 0.05) is 25.2 Å². The molecule has 5 nitrogen and oxygen atoms in total. The van der Waals surface area contributed by atoms with E-state index in [1.165, 1.54) is 0 Å². The Balaban J connectivity index is 1.54. The fourth-order valence-electron chi connectivity index (χ4n) is 3.42. The lowest BCUT2D eigenvalue weighted by molar-refractivity contribution is 0.211. The van der Waals surface area contributed by atoms with E-state index in [2.05, 4.69) is 4.72 Å². The molecule has 0 aromatic carbocycles. The highest BCUT2D eigenvalue weighted by molar-refractivity contribution is 7.87. The summed E-state index contributed by atoms with van der Waals surface area (Å²) in [5.41, 5.74) is 6.16. The van der Waals surface area contributed by atoms with Crippen LogP contribution in [-0.2, 0) is 10.2 Å². The topological polar surface area (TPSA) is 75.4 Å². The number of nitrogens with two attached hydrogens (primary N) is 1. The molecule has 2 aliphatic carbocycles. The Morgan fingerprint density at radius 3 is 2.11 bits per heavy atom. The highest BCUT2D eigenvalue weighted by atomic mass is 32.2. The zero-order valence-corrected chi connectivity index (χ0v) is 11.6. The largest absolute Gasteiger partial charge is 0.327 e. The van der Waals surface area contributed by atoms with E-state index in [1.54, 1.807) is 4.31 Å². The molecule has 3 fully saturated rings. The molecular formula is C12H23N3O2S. The monoisotopic (exact) mass is 273 g/mol. The van der Waals surface area contributed by atoms with Crippen LogP contribution in [0.25, 0.3) is 0 Å². The molecule has 6 heteroatoms. The van der Waals surface area contributed by atoms with Crippen LogP contribution in [0.15, 0.2) is 0 Å². The Morgan fingerprint density at radius 2 is 1.61 bits per heavy atom. The molecule has 1 aliphatic heterocycles. The highest BCUT2D eigenvalue weighted by Crippen LogP contribution is 2.59. The van der Waals surface area contributed by atoms with Gasteiger partial charge in [0.05, 0.1) is 0 Å². The number of hydrogen-bond acceptors (Lipinski definition) is 3. The van der Waals surface area contributed by atoms with Crippen molar-refractivity contribution in [1.29, 1.82) is 0 Å². The average molecular weight is 273 g/mol. The van der Waals surface area contributed by atoms with Crippen LogP contribution in [-0.4, -0.2) is 37.9 Å². The van der Waals surface area contributed by atoms with Crippen molar-refractivity contribution in [3.63, 3.8) is 0 Å². The van der Waals surface area contributed by atoms with E-state index in [0.717, 1.165) is 44.9 Å². The molecular weight excluding hydrogens is 250 g/mol. The Bertz CT molecular complexity index is 409. The molecule has 1 atom stereocenters. The van der Waals surface area contributed by atoms with Crippen LogP contribution in [0.3, 0.4) is 0 Å². The van der Waals surface area contributed by atoms with Gasteiger partial charge in [-0.05, 0) is 37.5 Å². The summed E-state index contributed by atoms with van der Waals surface area (Å²) >= 11 is 0. The number of nitrogens with zero attached hydrogens (tertiary/aromatic N) is 1. The molecule has 0 amide bonds. The Hall–Kier alpha value is -0.170. The van der Waals surface area contributed by atoms with Gasteiger partial charge in [0.25, 0.3) is 10.2 Å². The third-order valence-electron chi connectivity index (χ3n) is 4.78. The predicted molar refractivity (Wildman–Crippen MR) is 70.1 cm³/mol. The molecule has 1 unspecified atom stereocenters. The molecule has 3 rings (SSSR count). The van der Waals surface area contributed by atoms with E-state index >= 15 is 0 Å². The molecule has 0 aromatic heterocycles. The third-order valence-corrected chi connectivity index (χ3v) is 6.46. The Labute approximate surface area is 109 Å². The molecule has 3 N–H and O–H groups in total. The molecule has 3 aliphatic rings. The summed E-state index contributed by atoms with van der Waals surface area (Å²) in [6, 6.07) is 0.434. The smallest absolute Gasteiger partial charge is 0.279 e. The molecule has 1 spiro atoms. The van der Waals surface area contributed by atoms with Crippen molar-refractivity contribution >= 4 is 10.2 Å². The van der Waals surface area contributed by atoms with E-state index < -0.39 is 10.2 Å². The standard InChI is InChI=1S/C12H23N3O2S/c13-11-9-12(11)7-10(8-12)14-18(16,17)15-5-3-1-2-4-6-15/h10-11,14H,1-9,13H2. The summed E-state index contributed by atoms with van der Waals surface area (Å²) in [6.07, 6.45) is 7.21. The second kappa shape index (κ2) is 4.44. The second-order valence-electron chi connectivity index (χ2n) is 6.21. The zero-order chi connectivity index (χ0) is 12.8. The lowest BCUT2D eigenvalue weighted by Gasteiger charge is -2.37. The van der Waals surface area contributed by atoms with Gasteiger partial charge in [-0.3, -0.25) is 0 Å². The lowest BCUT2D eigenvalue weighted by atomic mass is 9.77. The lowest BCUT2D eigenvalue weighted by Crippen LogP contribution is -2.52. The summed E-state index contributed by atoms with van der Waals surface area (Å²) in [7, 11) is -3.26. The average Bonchev–Trinajstić information content (AvgIpc) is 2.96. The van der Waals surface area contributed by atoms with E-state index in [1.807, 2.05) is 0 Å². The SMILES string of the molecule is NC1CC12CC(NS(=O)(=O)N1CCCCCC1)C2. The van der Waals surface area contributed by atoms with E-state index in [4.69, 9.17) is 5.73 Å². The van der Waals surface area contributed by atoms with Crippen molar-refractivity contribution in [2.45, 2.75) is 57.0 Å². The van der Waals surface area contributed by atoms with Gasteiger partial charge in [0.15, 0.2) is 0 Å². The van der Waals surface area contributed by atoms with Gasteiger partial charge in [0.1, 0.15) is 0 Å². The van der Waals surface area contributed by atoms with Crippen molar-refractivity contribution in [2.75, 3.05) is 13.1 Å². The normalized spacial score (nSPS) is 41.4. The Kier molecular flexibility index (Phi) is 3.17. The first-order valence-corrected chi connectivity index (χ1v) is 8.49. The highest BCUT2D eigenvalue weighted by Gasteiger charge is 2.60. The van der Waals surface area contributed by atoms with Crippen LogP contribution in [0.5, 0.6) is 0 Å². The summed E-state index contributed by atoms with van der Waals surface area (Å²) < 4.78 is 28.9. The van der Waals surface area contributed by atoms with Crippen LogP contribution in [0.1, 0.15) is 44.9 Å².